The molecule has 16 heteroatoms. The van der Waals surface area contributed by atoms with Crippen LogP contribution in [0.25, 0.3) is 11.0 Å². The van der Waals surface area contributed by atoms with Crippen LogP contribution in [-0.4, -0.2) is 52.7 Å². The monoisotopic (exact) mass is 546 g/mol. The Morgan fingerprint density at radius 1 is 1.16 bits per heavy atom. The second kappa shape index (κ2) is 10.4. The number of benzene rings is 2. The van der Waals surface area contributed by atoms with Gasteiger partial charge in [-0.25, -0.2) is 27.4 Å². The summed E-state index contributed by atoms with van der Waals surface area (Å²) in [5, 5.41) is 17.4. The van der Waals surface area contributed by atoms with Gasteiger partial charge >= 0.3 is 18.2 Å². The van der Waals surface area contributed by atoms with Crippen molar-refractivity contribution in [2.75, 3.05) is 0 Å². The molecule has 1 aromatic heterocycles. The number of aromatic amines is 1. The maximum Gasteiger partial charge on any atom is 0.490 e. The van der Waals surface area contributed by atoms with Crippen molar-refractivity contribution < 1.29 is 50.6 Å². The highest BCUT2D eigenvalue weighted by Crippen LogP contribution is 2.32. The third-order valence-corrected chi connectivity index (χ3v) is 6.81. The van der Waals surface area contributed by atoms with Gasteiger partial charge in [0.05, 0.1) is 23.5 Å². The van der Waals surface area contributed by atoms with E-state index in [1.807, 2.05) is 10.8 Å². The first-order valence-electron chi connectivity index (χ1n) is 10.2. The molecule has 1 aliphatic rings. The predicted molar refractivity (Wildman–Crippen MR) is 118 cm³/mol. The van der Waals surface area contributed by atoms with Gasteiger partial charge in [0.25, 0.3) is 0 Å². The van der Waals surface area contributed by atoms with Crippen LogP contribution >= 0.6 is 0 Å². The zero-order valence-electron chi connectivity index (χ0n) is 18.4. The molecule has 0 bridgehead atoms. The number of hydrogen-bond donors (Lipinski definition) is 5. The van der Waals surface area contributed by atoms with Crippen molar-refractivity contribution >= 4 is 39.0 Å². The van der Waals surface area contributed by atoms with Gasteiger partial charge in [-0.2, -0.15) is 13.2 Å². The Morgan fingerprint density at radius 2 is 1.81 bits per heavy atom. The van der Waals surface area contributed by atoms with Crippen molar-refractivity contribution in [3.63, 3.8) is 0 Å². The van der Waals surface area contributed by atoms with Crippen molar-refractivity contribution in [3.8, 4) is 0 Å². The van der Waals surface area contributed by atoms with Crippen LogP contribution in [0.4, 0.5) is 22.4 Å². The number of carbonyl (C=O) groups excluding carboxylic acids is 1. The number of carbonyl (C=O) groups is 3. The number of carboxylic acids is 1. The first-order valence-corrected chi connectivity index (χ1v) is 11.8. The van der Waals surface area contributed by atoms with Gasteiger partial charge in [-0.05, 0) is 23.8 Å². The third kappa shape index (κ3) is 6.72. The van der Waals surface area contributed by atoms with E-state index in [1.54, 1.807) is 18.2 Å². The van der Waals surface area contributed by atoms with Gasteiger partial charge in [-0.3, -0.25) is 9.52 Å². The molecule has 1 unspecified atom stereocenters. The number of H-pyrrole nitrogens is 1. The molecule has 1 fully saturated rings. The molecule has 2 amide bonds. The van der Waals surface area contributed by atoms with Crippen LogP contribution in [0.2, 0.25) is 0 Å². The Bertz CT molecular complexity index is 1420. The van der Waals surface area contributed by atoms with Gasteiger partial charge in [-0.15, -0.1) is 0 Å². The van der Waals surface area contributed by atoms with Crippen molar-refractivity contribution in [1.82, 2.24) is 20.0 Å². The summed E-state index contributed by atoms with van der Waals surface area (Å²) in [5.74, 6) is -3.85. The van der Waals surface area contributed by atoms with Crippen LogP contribution in [0.3, 0.4) is 0 Å². The standard InChI is InChI=1S/C19H17FN4O5S.C2HF3O2/c20-12-7-10(5-6-11(12)16-9-17(25)24-30(16,28)29)8-15(23-19(26)27)18-21-13-3-1-2-4-14(13)22-18;3-2(4,5)1(6)7/h1-7,15-16,23H,8-9H2,(H,21,22)(H,24,25)(H,26,27);(H,6,7)/t15-,16?;/m0./s1. The smallest absolute Gasteiger partial charge is 0.475 e. The van der Waals surface area contributed by atoms with E-state index < -0.39 is 51.3 Å². The zero-order chi connectivity index (χ0) is 27.5. The molecule has 0 spiro atoms. The number of halogens is 4. The third-order valence-electron chi connectivity index (χ3n) is 5.13. The largest absolute Gasteiger partial charge is 0.490 e. The van der Waals surface area contributed by atoms with E-state index in [-0.39, 0.29) is 18.4 Å². The lowest BCUT2D eigenvalue weighted by molar-refractivity contribution is -0.192. The van der Waals surface area contributed by atoms with Crippen LogP contribution in [-0.2, 0) is 26.0 Å². The van der Waals surface area contributed by atoms with E-state index in [2.05, 4.69) is 15.3 Å². The molecule has 0 saturated carbocycles. The second-order valence-corrected chi connectivity index (χ2v) is 9.63. The maximum atomic E-state index is 14.7. The van der Waals surface area contributed by atoms with E-state index >= 15 is 0 Å². The fraction of sp³-hybridized carbons (Fsp3) is 0.238. The Kier molecular flexibility index (Phi) is 7.71. The number of aromatic nitrogens is 2. The lowest BCUT2D eigenvalue weighted by Gasteiger charge is -2.16. The number of carboxylic acid groups (broad SMARTS) is 2. The van der Waals surface area contributed by atoms with E-state index in [0.717, 1.165) is 11.6 Å². The summed E-state index contributed by atoms with van der Waals surface area (Å²) in [5.41, 5.74) is 1.72. The highest BCUT2D eigenvalue weighted by molar-refractivity contribution is 7.90. The molecular weight excluding hydrogens is 528 g/mol. The Morgan fingerprint density at radius 3 is 2.32 bits per heavy atom. The van der Waals surface area contributed by atoms with Gasteiger partial charge in [-0.1, -0.05) is 24.3 Å². The summed E-state index contributed by atoms with van der Waals surface area (Å²) < 4.78 is 72.3. The quantitative estimate of drug-likeness (QED) is 0.303. The number of para-hydroxylation sites is 2. The topological polar surface area (TPSA) is 179 Å². The number of nitrogens with one attached hydrogen (secondary N) is 3. The fourth-order valence-electron chi connectivity index (χ4n) is 3.52. The molecule has 4 rings (SSSR count). The first-order chi connectivity index (χ1) is 17.2. The molecule has 2 aromatic carbocycles. The molecule has 2 heterocycles. The molecule has 11 nitrogen and oxygen atoms in total. The number of alkyl halides is 3. The summed E-state index contributed by atoms with van der Waals surface area (Å²) in [6.07, 6.45) is -6.61. The number of nitrogens with zero attached hydrogens (tertiary/aromatic N) is 1. The zero-order valence-corrected chi connectivity index (χ0v) is 19.2. The fourth-order valence-corrected chi connectivity index (χ4v) is 4.96. The Labute approximate surface area is 205 Å². The van der Waals surface area contributed by atoms with Gasteiger partial charge < -0.3 is 20.5 Å². The number of fused-ring (bicyclic) bond motifs is 1. The SMILES string of the molecule is O=C(O)C(F)(F)F.O=C(O)N[C@@H](Cc1ccc(C2CC(=O)NS2(=O)=O)c(F)c1)c1nc2ccccc2[nH]1. The summed E-state index contributed by atoms with van der Waals surface area (Å²) in [6, 6.07) is 10.4. The lowest BCUT2D eigenvalue weighted by atomic mass is 10.0. The van der Waals surface area contributed by atoms with Gasteiger partial charge in [0.1, 0.15) is 16.9 Å². The van der Waals surface area contributed by atoms with Crippen LogP contribution in [0.1, 0.15) is 34.7 Å². The molecule has 1 aliphatic heterocycles. The minimum Gasteiger partial charge on any atom is -0.475 e. The average Bonchev–Trinajstić information content (AvgIpc) is 3.32. The average molecular weight is 546 g/mol. The van der Waals surface area contributed by atoms with Gasteiger partial charge in [0.2, 0.25) is 15.9 Å². The predicted octanol–water partition coefficient (Wildman–Crippen LogP) is 2.78. The molecule has 2 atom stereocenters. The molecule has 37 heavy (non-hydrogen) atoms. The number of imidazole rings is 1. The molecule has 5 N–H and O–H groups in total. The van der Waals surface area contributed by atoms with Crippen molar-refractivity contribution in [3.05, 3.63) is 65.2 Å². The Balaban J connectivity index is 0.000000479. The molecule has 198 valence electrons. The number of hydrogen-bond acceptors (Lipinski definition) is 6. The van der Waals surface area contributed by atoms with Crippen LogP contribution in [0.15, 0.2) is 42.5 Å². The van der Waals surface area contributed by atoms with E-state index in [4.69, 9.17) is 9.90 Å². The van der Waals surface area contributed by atoms with Crippen molar-refractivity contribution in [2.45, 2.75) is 30.3 Å². The molecular formula is C21H18F4N4O7S. The molecule has 3 aromatic rings. The normalized spacial score (nSPS) is 17.4. The summed E-state index contributed by atoms with van der Waals surface area (Å²) in [7, 11) is -3.97. The number of rotatable bonds is 5. The number of aliphatic carboxylic acids is 1. The van der Waals surface area contributed by atoms with Gasteiger partial charge in [0.15, 0.2) is 0 Å². The van der Waals surface area contributed by atoms with Crippen LogP contribution in [0, 0.1) is 5.82 Å². The molecule has 0 radical (unpaired) electrons. The second-order valence-electron chi connectivity index (χ2n) is 7.77. The highest BCUT2D eigenvalue weighted by atomic mass is 32.2. The highest BCUT2D eigenvalue weighted by Gasteiger charge is 2.39. The molecule has 0 aliphatic carbocycles. The Hall–Kier alpha value is -4.21. The van der Waals surface area contributed by atoms with E-state index in [0.29, 0.717) is 16.9 Å². The number of sulfonamides is 1. The van der Waals surface area contributed by atoms with Gasteiger partial charge in [0, 0.05) is 12.0 Å². The summed E-state index contributed by atoms with van der Waals surface area (Å²) >= 11 is 0. The van der Waals surface area contributed by atoms with Crippen molar-refractivity contribution in [1.29, 1.82) is 0 Å². The first kappa shape index (κ1) is 27.4. The van der Waals surface area contributed by atoms with E-state index in [9.17, 15) is 40.7 Å². The minimum absolute atomic E-state index is 0.0813. The summed E-state index contributed by atoms with van der Waals surface area (Å²) in [4.78, 5) is 39.0. The minimum atomic E-state index is -5.08. The van der Waals surface area contributed by atoms with Crippen molar-refractivity contribution in [2.24, 2.45) is 0 Å². The molecule has 1 saturated heterocycles. The van der Waals surface area contributed by atoms with E-state index in [1.165, 1.54) is 12.1 Å². The lowest BCUT2D eigenvalue weighted by Crippen LogP contribution is -2.29. The van der Waals surface area contributed by atoms with Crippen LogP contribution < -0.4 is 10.0 Å². The maximum absolute atomic E-state index is 14.7. The number of amides is 2. The van der Waals surface area contributed by atoms with Crippen LogP contribution in [0.5, 0.6) is 0 Å². The summed E-state index contributed by atoms with van der Waals surface area (Å²) in [6.45, 7) is 0.